The van der Waals surface area contributed by atoms with Crippen molar-refractivity contribution in [3.05, 3.63) is 46.0 Å². The van der Waals surface area contributed by atoms with Gasteiger partial charge in [0.15, 0.2) is 11.5 Å². The Morgan fingerprint density at radius 2 is 1.82 bits per heavy atom. The zero-order valence-electron chi connectivity index (χ0n) is 25.2. The van der Waals surface area contributed by atoms with E-state index in [2.05, 4.69) is 22.2 Å². The summed E-state index contributed by atoms with van der Waals surface area (Å²) in [7, 11) is -1.70. The van der Waals surface area contributed by atoms with Gasteiger partial charge in [0, 0.05) is 16.9 Å². The second-order valence-corrected chi connectivity index (χ2v) is 13.5. The molecule has 1 aliphatic carbocycles. The maximum atomic E-state index is 13.7. The summed E-state index contributed by atoms with van der Waals surface area (Å²) < 4.78 is 83.1. The Kier molecular flexibility index (Phi) is 10.7. The fourth-order valence-electron chi connectivity index (χ4n) is 5.07. The number of nitrogens with one attached hydrogen (secondary N) is 1. The molecule has 0 saturated carbocycles. The van der Waals surface area contributed by atoms with Crippen molar-refractivity contribution in [3.63, 3.8) is 0 Å². The predicted octanol–water partition coefficient (Wildman–Crippen LogP) is 6.13. The van der Waals surface area contributed by atoms with Crippen LogP contribution >= 0.6 is 11.3 Å². The lowest BCUT2D eigenvalue weighted by Gasteiger charge is -2.20. The molecule has 0 spiro atoms. The number of methoxy groups -OCH3 is 2. The van der Waals surface area contributed by atoms with Crippen molar-refractivity contribution in [2.24, 2.45) is 5.92 Å². The maximum Gasteiger partial charge on any atom is 0.433 e. The molecule has 0 unspecified atom stereocenters. The average Bonchev–Trinajstić information content (AvgIpc) is 3.36. The molecule has 1 aromatic carbocycles. The monoisotopic (exact) mass is 669 g/mol. The third-order valence-corrected chi connectivity index (χ3v) is 10.2. The van der Waals surface area contributed by atoms with Gasteiger partial charge < -0.3 is 19.5 Å². The van der Waals surface area contributed by atoms with Crippen LogP contribution in [0.3, 0.4) is 0 Å². The molecule has 10 nitrogen and oxygen atoms in total. The van der Waals surface area contributed by atoms with Crippen molar-refractivity contribution in [2.75, 3.05) is 31.9 Å². The number of hydrogen-bond donors (Lipinski definition) is 1. The van der Waals surface area contributed by atoms with E-state index in [1.165, 1.54) is 43.8 Å². The molecule has 0 saturated heterocycles. The third-order valence-electron chi connectivity index (χ3n) is 7.45. The molecular formula is C30H34F3N3O7S2. The van der Waals surface area contributed by atoms with Gasteiger partial charge in [-0.2, -0.15) is 13.2 Å². The summed E-state index contributed by atoms with van der Waals surface area (Å²) in [4.78, 5) is 33.9. The first-order valence-electron chi connectivity index (χ1n) is 14.3. The fourth-order valence-corrected chi connectivity index (χ4v) is 7.61. The number of esters is 1. The highest BCUT2D eigenvalue weighted by molar-refractivity contribution is 7.91. The van der Waals surface area contributed by atoms with E-state index in [0.717, 1.165) is 29.7 Å². The van der Waals surface area contributed by atoms with Crippen molar-refractivity contribution >= 4 is 38.1 Å². The Bertz CT molecular complexity index is 1670. The standard InChI is InChI=1S/C30H34F3N3O7S2/c1-5-17-9-11-19-23(14-17)44-27(26(19)28(38)43-6-2)36-25(37)8-7-13-45(39,40)29-34-20(16-24(35-29)30(31,32)33)18-10-12-21(41-3)22(15-18)42-4/h10,12,15-17H,5-9,11,13-14H2,1-4H3,(H,36,37)/t17-/m1/s1. The van der Waals surface area contributed by atoms with Crippen LogP contribution in [0.4, 0.5) is 18.2 Å². The SMILES string of the molecule is CCOC(=O)c1c(NC(=O)CCCS(=O)(=O)c2nc(-c3ccc(OC)c(OC)c3)cc(C(F)(F)F)n2)sc2c1CC[C@@H](CC)C2. The molecule has 1 amide bonds. The molecule has 244 valence electrons. The van der Waals surface area contributed by atoms with Crippen molar-refractivity contribution in [1.29, 1.82) is 0 Å². The second kappa shape index (κ2) is 14.1. The summed E-state index contributed by atoms with van der Waals surface area (Å²) in [5, 5.41) is 2.07. The minimum absolute atomic E-state index is 0.151. The molecule has 0 aliphatic heterocycles. The highest BCUT2D eigenvalue weighted by atomic mass is 32.2. The summed E-state index contributed by atoms with van der Waals surface area (Å²) in [6.45, 7) is 3.96. The van der Waals surface area contributed by atoms with E-state index in [4.69, 9.17) is 14.2 Å². The van der Waals surface area contributed by atoms with Gasteiger partial charge in [-0.3, -0.25) is 4.79 Å². The zero-order chi connectivity index (χ0) is 32.9. The molecule has 15 heteroatoms. The number of amides is 1. The molecule has 45 heavy (non-hydrogen) atoms. The minimum atomic E-state index is -4.95. The highest BCUT2D eigenvalue weighted by Crippen LogP contribution is 2.41. The molecule has 0 radical (unpaired) electrons. The number of thiophene rings is 1. The Morgan fingerprint density at radius 1 is 1.09 bits per heavy atom. The molecule has 1 aliphatic rings. The van der Waals surface area contributed by atoms with Crippen LogP contribution in [-0.4, -0.2) is 56.8 Å². The smallest absolute Gasteiger partial charge is 0.433 e. The van der Waals surface area contributed by atoms with Crippen molar-refractivity contribution in [2.45, 2.75) is 63.7 Å². The first-order chi connectivity index (χ1) is 21.3. The number of fused-ring (bicyclic) bond motifs is 1. The number of carbonyl (C=O) groups is 2. The molecular weight excluding hydrogens is 635 g/mol. The van der Waals surface area contributed by atoms with E-state index in [-0.39, 0.29) is 36.5 Å². The number of aromatic nitrogens is 2. The lowest BCUT2D eigenvalue weighted by molar-refractivity contribution is -0.141. The van der Waals surface area contributed by atoms with Gasteiger partial charge >= 0.3 is 12.1 Å². The number of hydrogen-bond acceptors (Lipinski definition) is 10. The lowest BCUT2D eigenvalue weighted by Crippen LogP contribution is -2.19. The van der Waals surface area contributed by atoms with E-state index in [9.17, 15) is 31.2 Å². The van der Waals surface area contributed by atoms with Gasteiger partial charge in [-0.1, -0.05) is 13.3 Å². The van der Waals surface area contributed by atoms with Crippen LogP contribution < -0.4 is 14.8 Å². The minimum Gasteiger partial charge on any atom is -0.493 e. The van der Waals surface area contributed by atoms with Gasteiger partial charge in [0.25, 0.3) is 0 Å². The van der Waals surface area contributed by atoms with Crippen molar-refractivity contribution < 1.29 is 45.4 Å². The Hall–Kier alpha value is -3.72. The number of halogens is 3. The zero-order valence-corrected chi connectivity index (χ0v) is 26.9. The van der Waals surface area contributed by atoms with E-state index >= 15 is 0 Å². The van der Waals surface area contributed by atoms with E-state index in [1.807, 2.05) is 0 Å². The van der Waals surface area contributed by atoms with E-state index < -0.39 is 44.5 Å². The summed E-state index contributed by atoms with van der Waals surface area (Å²) in [6.07, 6.45) is -2.06. The van der Waals surface area contributed by atoms with Gasteiger partial charge in [0.05, 0.1) is 37.8 Å². The van der Waals surface area contributed by atoms with E-state index in [1.54, 1.807) is 6.92 Å². The van der Waals surface area contributed by atoms with Crippen molar-refractivity contribution in [1.82, 2.24) is 9.97 Å². The number of carbonyl (C=O) groups excluding carboxylic acids is 2. The van der Waals surface area contributed by atoms with E-state index in [0.29, 0.717) is 34.7 Å². The molecule has 2 aromatic heterocycles. The molecule has 2 heterocycles. The lowest BCUT2D eigenvalue weighted by atomic mass is 9.85. The first kappa shape index (κ1) is 34.2. The van der Waals surface area contributed by atoms with Gasteiger partial charge in [0.2, 0.25) is 20.9 Å². The average molecular weight is 670 g/mol. The molecule has 0 fully saturated rings. The molecule has 0 bridgehead atoms. The summed E-state index contributed by atoms with van der Waals surface area (Å²) >= 11 is 1.31. The summed E-state index contributed by atoms with van der Waals surface area (Å²) in [6, 6.07) is 4.89. The number of ether oxygens (including phenoxy) is 3. The maximum absolute atomic E-state index is 13.7. The Morgan fingerprint density at radius 3 is 2.47 bits per heavy atom. The number of anilines is 1. The van der Waals surface area contributed by atoms with Gasteiger partial charge in [-0.25, -0.2) is 23.2 Å². The summed E-state index contributed by atoms with van der Waals surface area (Å²) in [5.41, 5.74) is -0.372. The Balaban J connectivity index is 1.52. The quantitative estimate of drug-likeness (QED) is 0.179. The molecule has 4 rings (SSSR count). The fraction of sp³-hybridized carbons (Fsp3) is 0.467. The van der Waals surface area contributed by atoms with Crippen LogP contribution in [-0.2, 0) is 38.4 Å². The third kappa shape index (κ3) is 7.93. The molecule has 3 aromatic rings. The molecule has 1 atom stereocenters. The predicted molar refractivity (Wildman–Crippen MR) is 162 cm³/mol. The van der Waals surface area contributed by atoms with Crippen LogP contribution in [0.2, 0.25) is 0 Å². The van der Waals surface area contributed by atoms with Crippen molar-refractivity contribution in [3.8, 4) is 22.8 Å². The van der Waals surface area contributed by atoms with Crippen LogP contribution in [0.5, 0.6) is 11.5 Å². The Labute approximate surface area is 263 Å². The largest absolute Gasteiger partial charge is 0.493 e. The number of alkyl halides is 3. The highest BCUT2D eigenvalue weighted by Gasteiger charge is 2.36. The normalized spacial score (nSPS) is 14.9. The van der Waals surface area contributed by atoms with Crippen LogP contribution in [0.15, 0.2) is 29.4 Å². The number of benzene rings is 1. The summed E-state index contributed by atoms with van der Waals surface area (Å²) in [5.74, 6) is -0.755. The second-order valence-electron chi connectivity index (χ2n) is 10.4. The van der Waals surface area contributed by atoms with Gasteiger partial charge in [-0.05, 0) is 68.4 Å². The van der Waals surface area contributed by atoms with Crippen LogP contribution in [0.25, 0.3) is 11.3 Å². The van der Waals surface area contributed by atoms with Gasteiger partial charge in [-0.15, -0.1) is 11.3 Å². The van der Waals surface area contributed by atoms with Gasteiger partial charge in [0.1, 0.15) is 10.7 Å². The van der Waals surface area contributed by atoms with Crippen LogP contribution in [0.1, 0.15) is 66.0 Å². The number of sulfone groups is 1. The number of rotatable bonds is 12. The topological polar surface area (TPSA) is 134 Å². The number of nitrogens with zero attached hydrogens (tertiary/aromatic N) is 2. The molecule has 1 N–H and O–H groups in total. The first-order valence-corrected chi connectivity index (χ1v) is 16.8. The van der Waals surface area contributed by atoms with Crippen LogP contribution in [0, 0.1) is 5.92 Å².